The highest BCUT2D eigenvalue weighted by atomic mass is 35.5. The van der Waals surface area contributed by atoms with Gasteiger partial charge in [-0.15, -0.1) is 0 Å². The molecule has 0 aromatic heterocycles. The van der Waals surface area contributed by atoms with Crippen molar-refractivity contribution in [3.63, 3.8) is 0 Å². The van der Waals surface area contributed by atoms with Crippen LogP contribution in [0.25, 0.3) is 0 Å². The van der Waals surface area contributed by atoms with Crippen molar-refractivity contribution in [2.24, 2.45) is 10.7 Å². The Bertz CT molecular complexity index is 1490. The molecule has 0 fully saturated rings. The maximum atomic E-state index is 12.7. The first-order valence-electron chi connectivity index (χ1n) is 12.5. The summed E-state index contributed by atoms with van der Waals surface area (Å²) < 4.78 is 4.97. The average Bonchev–Trinajstić information content (AvgIpc) is 2.95. The van der Waals surface area contributed by atoms with E-state index in [1.807, 2.05) is 42.5 Å². The maximum Gasteiger partial charge on any atom is 0.331 e. The zero-order valence-electron chi connectivity index (χ0n) is 21.7. The Morgan fingerprint density at radius 1 is 0.825 bits per heavy atom. The third-order valence-electron chi connectivity index (χ3n) is 6.12. The van der Waals surface area contributed by atoms with Crippen LogP contribution in [0.1, 0.15) is 27.0 Å². The zero-order valence-corrected chi connectivity index (χ0v) is 23.2. The molecule has 7 nitrogen and oxygen atoms in total. The van der Waals surface area contributed by atoms with E-state index in [0.29, 0.717) is 12.1 Å². The number of guanidine groups is 1. The van der Waals surface area contributed by atoms with Crippen molar-refractivity contribution in [3.05, 3.63) is 129 Å². The lowest BCUT2D eigenvalue weighted by molar-refractivity contribution is -0.142. The van der Waals surface area contributed by atoms with E-state index in [4.69, 9.17) is 33.7 Å². The number of nitrogens with two attached hydrogens (primary N) is 1. The Labute approximate surface area is 243 Å². The molecule has 4 aromatic carbocycles. The van der Waals surface area contributed by atoms with E-state index in [0.717, 1.165) is 22.4 Å². The van der Waals surface area contributed by atoms with Crippen LogP contribution in [0.4, 0.5) is 11.4 Å². The molecule has 0 spiro atoms. The van der Waals surface area contributed by atoms with Gasteiger partial charge in [0.25, 0.3) is 5.91 Å². The molecule has 0 aliphatic rings. The van der Waals surface area contributed by atoms with Gasteiger partial charge >= 0.3 is 5.97 Å². The molecule has 40 heavy (non-hydrogen) atoms. The summed E-state index contributed by atoms with van der Waals surface area (Å²) in [6.45, 7) is 0. The number of amides is 1. The van der Waals surface area contributed by atoms with E-state index in [1.165, 1.54) is 7.11 Å². The largest absolute Gasteiger partial charge is 0.467 e. The van der Waals surface area contributed by atoms with Gasteiger partial charge in [0.2, 0.25) is 0 Å². The van der Waals surface area contributed by atoms with Crippen LogP contribution >= 0.6 is 23.2 Å². The fourth-order valence-electron chi connectivity index (χ4n) is 4.12. The minimum atomic E-state index is -0.874. The highest BCUT2D eigenvalue weighted by molar-refractivity contribution is 6.40. The SMILES string of the molecule is COC(=O)[C@H](Cc1ccc(NC(=O)c2c(Cl)cccc2Cl)cc1)N=C(N)Nc1ccccc1Cc1ccccc1. The normalized spacial score (nSPS) is 11.9. The summed E-state index contributed by atoms with van der Waals surface area (Å²) in [6.07, 6.45) is 0.953. The van der Waals surface area contributed by atoms with Gasteiger partial charge in [-0.3, -0.25) is 4.79 Å². The number of nitrogens with zero attached hydrogens (tertiary/aromatic N) is 1. The molecule has 0 bridgehead atoms. The molecular weight excluding hydrogens is 547 g/mol. The third-order valence-corrected chi connectivity index (χ3v) is 6.75. The quantitative estimate of drug-likeness (QED) is 0.123. The van der Waals surface area contributed by atoms with Crippen LogP contribution in [0.15, 0.2) is 102 Å². The van der Waals surface area contributed by atoms with Gasteiger partial charge < -0.3 is 21.1 Å². The first-order chi connectivity index (χ1) is 19.3. The van der Waals surface area contributed by atoms with Gasteiger partial charge in [0, 0.05) is 17.8 Å². The van der Waals surface area contributed by atoms with E-state index in [1.54, 1.807) is 42.5 Å². The van der Waals surface area contributed by atoms with Gasteiger partial charge in [0.05, 0.1) is 22.7 Å². The molecule has 1 amide bonds. The summed E-state index contributed by atoms with van der Waals surface area (Å²) in [4.78, 5) is 29.6. The molecule has 4 rings (SSSR count). The molecule has 0 aliphatic carbocycles. The van der Waals surface area contributed by atoms with Crippen LogP contribution < -0.4 is 16.4 Å². The third kappa shape index (κ3) is 7.62. The van der Waals surface area contributed by atoms with Gasteiger partial charge in [0.15, 0.2) is 12.0 Å². The Balaban J connectivity index is 1.45. The van der Waals surface area contributed by atoms with E-state index in [-0.39, 0.29) is 28.0 Å². The molecule has 204 valence electrons. The number of para-hydroxylation sites is 1. The summed E-state index contributed by atoms with van der Waals surface area (Å²) in [5.74, 6) is -0.851. The Morgan fingerprint density at radius 3 is 2.15 bits per heavy atom. The van der Waals surface area contributed by atoms with Gasteiger partial charge in [0.1, 0.15) is 0 Å². The monoisotopic (exact) mass is 574 g/mol. The number of methoxy groups -OCH3 is 1. The summed E-state index contributed by atoms with van der Waals surface area (Å²) >= 11 is 12.3. The molecule has 4 N–H and O–H groups in total. The second kappa shape index (κ2) is 13.6. The zero-order chi connectivity index (χ0) is 28.5. The van der Waals surface area contributed by atoms with Crippen molar-refractivity contribution >= 4 is 52.4 Å². The van der Waals surface area contributed by atoms with E-state index >= 15 is 0 Å². The van der Waals surface area contributed by atoms with Crippen molar-refractivity contribution in [2.45, 2.75) is 18.9 Å². The van der Waals surface area contributed by atoms with Crippen LogP contribution in [0.5, 0.6) is 0 Å². The number of anilines is 2. The fourth-order valence-corrected chi connectivity index (χ4v) is 4.69. The molecule has 0 radical (unpaired) electrons. The first-order valence-corrected chi connectivity index (χ1v) is 13.2. The van der Waals surface area contributed by atoms with E-state index in [2.05, 4.69) is 27.8 Å². The first kappa shape index (κ1) is 28.7. The molecule has 0 saturated heterocycles. The highest BCUT2D eigenvalue weighted by Gasteiger charge is 2.20. The van der Waals surface area contributed by atoms with E-state index in [9.17, 15) is 9.59 Å². The fraction of sp³-hybridized carbons (Fsp3) is 0.129. The number of benzene rings is 4. The lowest BCUT2D eigenvalue weighted by Crippen LogP contribution is -2.30. The van der Waals surface area contributed by atoms with Crippen LogP contribution in [-0.4, -0.2) is 31.0 Å². The molecule has 0 heterocycles. The Hall–Kier alpha value is -4.33. The number of esters is 1. The number of carbonyl (C=O) groups excluding carboxylic acids is 2. The summed E-state index contributed by atoms with van der Waals surface area (Å²) in [7, 11) is 1.31. The summed E-state index contributed by atoms with van der Waals surface area (Å²) in [6, 6.07) is 28.9. The van der Waals surface area contributed by atoms with Crippen molar-refractivity contribution in [2.75, 3.05) is 17.7 Å². The van der Waals surface area contributed by atoms with Crippen molar-refractivity contribution in [1.29, 1.82) is 0 Å². The number of aliphatic imine (C=N–C) groups is 1. The van der Waals surface area contributed by atoms with Crippen LogP contribution in [0.3, 0.4) is 0 Å². The predicted octanol–water partition coefficient (Wildman–Crippen LogP) is 6.35. The highest BCUT2D eigenvalue weighted by Crippen LogP contribution is 2.25. The van der Waals surface area contributed by atoms with Gasteiger partial charge in [-0.05, 0) is 53.4 Å². The molecule has 9 heteroatoms. The second-order valence-corrected chi connectivity index (χ2v) is 9.76. The number of nitrogens with one attached hydrogen (secondary N) is 2. The van der Waals surface area contributed by atoms with Crippen LogP contribution in [-0.2, 0) is 22.4 Å². The van der Waals surface area contributed by atoms with Crippen molar-refractivity contribution < 1.29 is 14.3 Å². The molecule has 0 aliphatic heterocycles. The number of halogens is 2. The summed E-state index contributed by atoms with van der Waals surface area (Å²) in [5, 5.41) is 6.43. The standard InChI is InChI=1S/C31H28Cl2N4O3/c1-40-30(39)27(37-31(34)36-26-13-6-5-10-22(26)18-20-8-3-2-4-9-20)19-21-14-16-23(17-15-21)35-29(38)28-24(32)11-7-12-25(28)33/h2-17,27H,18-19H2,1H3,(H,35,38)(H3,34,36,37)/t27-/m0/s1. The molecular formula is C31H28Cl2N4O3. The molecule has 0 saturated carbocycles. The molecule has 0 unspecified atom stereocenters. The lowest BCUT2D eigenvalue weighted by atomic mass is 10.0. The number of rotatable bonds is 9. The smallest absolute Gasteiger partial charge is 0.331 e. The minimum absolute atomic E-state index is 0.0939. The van der Waals surface area contributed by atoms with Gasteiger partial charge in [-0.2, -0.15) is 0 Å². The van der Waals surface area contributed by atoms with Gasteiger partial charge in [-0.1, -0.05) is 89.9 Å². The Kier molecular flexibility index (Phi) is 9.78. The van der Waals surface area contributed by atoms with Gasteiger partial charge in [-0.25, -0.2) is 9.79 Å². The number of hydrogen-bond donors (Lipinski definition) is 3. The topological polar surface area (TPSA) is 106 Å². The van der Waals surface area contributed by atoms with E-state index < -0.39 is 17.9 Å². The number of ether oxygens (including phenoxy) is 1. The van der Waals surface area contributed by atoms with Crippen molar-refractivity contribution in [1.82, 2.24) is 0 Å². The predicted molar refractivity (Wildman–Crippen MR) is 161 cm³/mol. The average molecular weight is 575 g/mol. The Morgan fingerprint density at radius 2 is 1.48 bits per heavy atom. The minimum Gasteiger partial charge on any atom is -0.467 e. The maximum absolute atomic E-state index is 12.7. The lowest BCUT2D eigenvalue weighted by Gasteiger charge is -2.15. The number of carbonyl (C=O) groups is 2. The van der Waals surface area contributed by atoms with Crippen LogP contribution in [0.2, 0.25) is 10.0 Å². The number of hydrogen-bond acceptors (Lipinski definition) is 4. The molecule has 4 aromatic rings. The van der Waals surface area contributed by atoms with Crippen LogP contribution in [0, 0.1) is 0 Å². The van der Waals surface area contributed by atoms with Crippen molar-refractivity contribution in [3.8, 4) is 0 Å². The molecule has 1 atom stereocenters. The summed E-state index contributed by atoms with van der Waals surface area (Å²) in [5.41, 5.74) is 10.8. The second-order valence-electron chi connectivity index (χ2n) is 8.95.